The van der Waals surface area contributed by atoms with Crippen LogP contribution in [-0.4, -0.2) is 52.0 Å². The Labute approximate surface area is 178 Å². The standard InChI is InChI=1S/C22H20ClFN4O2/c23-18-8-5-17(6-9-18)22-25-20(30-26-22)15-27-11-13-28(14-12-27)21(29)10-7-16-3-1-2-4-19(16)24/h1-10H,11-15H2. The van der Waals surface area contributed by atoms with Crippen LogP contribution in [-0.2, 0) is 11.3 Å². The molecular weight excluding hydrogens is 407 g/mol. The van der Waals surface area contributed by atoms with E-state index in [1.54, 1.807) is 35.2 Å². The van der Waals surface area contributed by atoms with E-state index in [2.05, 4.69) is 15.0 Å². The maximum absolute atomic E-state index is 13.7. The van der Waals surface area contributed by atoms with E-state index in [0.717, 1.165) is 5.56 Å². The Morgan fingerprint density at radius 3 is 2.57 bits per heavy atom. The minimum absolute atomic E-state index is 0.124. The second kappa shape index (κ2) is 9.19. The van der Waals surface area contributed by atoms with Gasteiger partial charge in [-0.2, -0.15) is 4.98 Å². The summed E-state index contributed by atoms with van der Waals surface area (Å²) in [5.41, 5.74) is 1.24. The summed E-state index contributed by atoms with van der Waals surface area (Å²) in [6.45, 7) is 3.07. The SMILES string of the molecule is O=C(C=Cc1ccccc1F)N1CCN(Cc2nc(-c3ccc(Cl)cc3)no2)CC1. The third-order valence-electron chi connectivity index (χ3n) is 4.92. The summed E-state index contributed by atoms with van der Waals surface area (Å²) in [5, 5.41) is 4.68. The van der Waals surface area contributed by atoms with Crippen molar-refractivity contribution in [1.29, 1.82) is 0 Å². The summed E-state index contributed by atoms with van der Waals surface area (Å²) < 4.78 is 19.0. The second-order valence-corrected chi connectivity index (χ2v) is 7.41. The van der Waals surface area contributed by atoms with Crippen LogP contribution in [0.3, 0.4) is 0 Å². The molecule has 1 aliphatic rings. The van der Waals surface area contributed by atoms with Gasteiger partial charge in [0.2, 0.25) is 17.6 Å². The van der Waals surface area contributed by atoms with Crippen molar-refractivity contribution in [3.8, 4) is 11.4 Å². The fraction of sp³-hybridized carbons (Fsp3) is 0.227. The molecule has 1 aromatic heterocycles. The number of carbonyl (C=O) groups excluding carboxylic acids is 1. The quantitative estimate of drug-likeness (QED) is 0.579. The lowest BCUT2D eigenvalue weighted by atomic mass is 10.2. The van der Waals surface area contributed by atoms with E-state index >= 15 is 0 Å². The molecule has 0 unspecified atom stereocenters. The van der Waals surface area contributed by atoms with Gasteiger partial charge in [-0.1, -0.05) is 35.0 Å². The summed E-state index contributed by atoms with van der Waals surface area (Å²) in [7, 11) is 0. The monoisotopic (exact) mass is 426 g/mol. The summed E-state index contributed by atoms with van der Waals surface area (Å²) in [5.74, 6) is 0.581. The van der Waals surface area contributed by atoms with Crippen LogP contribution >= 0.6 is 11.6 Å². The van der Waals surface area contributed by atoms with E-state index in [-0.39, 0.29) is 11.7 Å². The maximum Gasteiger partial charge on any atom is 0.246 e. The molecular formula is C22H20ClFN4O2. The van der Waals surface area contributed by atoms with E-state index < -0.39 is 0 Å². The minimum Gasteiger partial charge on any atom is -0.338 e. The average Bonchev–Trinajstić information content (AvgIpc) is 3.22. The van der Waals surface area contributed by atoms with Crippen molar-refractivity contribution >= 4 is 23.6 Å². The van der Waals surface area contributed by atoms with E-state index in [1.807, 2.05) is 12.1 Å². The molecule has 3 aromatic rings. The van der Waals surface area contributed by atoms with Gasteiger partial charge in [-0.15, -0.1) is 0 Å². The number of carbonyl (C=O) groups is 1. The lowest BCUT2D eigenvalue weighted by Gasteiger charge is -2.33. The zero-order valence-corrected chi connectivity index (χ0v) is 16.9. The van der Waals surface area contributed by atoms with Gasteiger partial charge < -0.3 is 9.42 Å². The first-order chi connectivity index (χ1) is 14.6. The molecule has 30 heavy (non-hydrogen) atoms. The first-order valence-corrected chi connectivity index (χ1v) is 9.99. The van der Waals surface area contributed by atoms with E-state index in [0.29, 0.717) is 55.0 Å². The number of aromatic nitrogens is 2. The van der Waals surface area contributed by atoms with Crippen LogP contribution in [0, 0.1) is 5.82 Å². The highest BCUT2D eigenvalue weighted by molar-refractivity contribution is 6.30. The first kappa shape index (κ1) is 20.3. The number of nitrogens with zero attached hydrogens (tertiary/aromatic N) is 4. The van der Waals surface area contributed by atoms with Gasteiger partial charge in [0, 0.05) is 48.4 Å². The number of hydrogen-bond acceptors (Lipinski definition) is 5. The van der Waals surface area contributed by atoms with Crippen LogP contribution in [0.2, 0.25) is 5.02 Å². The Kier molecular flexibility index (Phi) is 6.21. The van der Waals surface area contributed by atoms with Crippen molar-refractivity contribution in [2.24, 2.45) is 0 Å². The topological polar surface area (TPSA) is 62.5 Å². The van der Waals surface area contributed by atoms with Crippen LogP contribution < -0.4 is 0 Å². The Morgan fingerprint density at radius 1 is 1.10 bits per heavy atom. The Balaban J connectivity index is 1.29. The Bertz CT molecular complexity index is 1040. The second-order valence-electron chi connectivity index (χ2n) is 6.97. The highest BCUT2D eigenvalue weighted by atomic mass is 35.5. The largest absolute Gasteiger partial charge is 0.338 e. The van der Waals surface area contributed by atoms with E-state index in [4.69, 9.17) is 16.1 Å². The molecule has 0 radical (unpaired) electrons. The molecule has 2 aromatic carbocycles. The van der Waals surface area contributed by atoms with Crippen LogP contribution in [0.25, 0.3) is 17.5 Å². The van der Waals surface area contributed by atoms with Gasteiger partial charge in [0.15, 0.2) is 0 Å². The van der Waals surface area contributed by atoms with Crippen molar-refractivity contribution < 1.29 is 13.7 Å². The van der Waals surface area contributed by atoms with Gasteiger partial charge >= 0.3 is 0 Å². The fourth-order valence-corrected chi connectivity index (χ4v) is 3.36. The predicted molar refractivity (Wildman–Crippen MR) is 112 cm³/mol. The van der Waals surface area contributed by atoms with Crippen molar-refractivity contribution in [2.75, 3.05) is 26.2 Å². The summed E-state index contributed by atoms with van der Waals surface area (Å²) in [6, 6.07) is 13.6. The molecule has 154 valence electrons. The molecule has 4 rings (SSSR count). The number of amides is 1. The van der Waals surface area contributed by atoms with Crippen molar-refractivity contribution in [3.05, 3.63) is 76.9 Å². The molecule has 1 aliphatic heterocycles. The zero-order chi connectivity index (χ0) is 20.9. The van der Waals surface area contributed by atoms with Gasteiger partial charge in [-0.05, 0) is 36.4 Å². The van der Waals surface area contributed by atoms with Crippen molar-refractivity contribution in [2.45, 2.75) is 6.54 Å². The number of piperazine rings is 1. The lowest BCUT2D eigenvalue weighted by Crippen LogP contribution is -2.47. The Morgan fingerprint density at radius 2 is 1.83 bits per heavy atom. The molecule has 0 atom stereocenters. The number of rotatable bonds is 5. The number of hydrogen-bond donors (Lipinski definition) is 0. The highest BCUT2D eigenvalue weighted by Crippen LogP contribution is 2.19. The van der Waals surface area contributed by atoms with E-state index in [1.165, 1.54) is 18.2 Å². The van der Waals surface area contributed by atoms with Gasteiger partial charge in [0.05, 0.1) is 6.54 Å². The summed E-state index contributed by atoms with van der Waals surface area (Å²) >= 11 is 5.91. The Hall–Kier alpha value is -3.03. The average molecular weight is 427 g/mol. The van der Waals surface area contributed by atoms with Crippen LogP contribution in [0.1, 0.15) is 11.5 Å². The van der Waals surface area contributed by atoms with Crippen molar-refractivity contribution in [3.63, 3.8) is 0 Å². The molecule has 0 spiro atoms. The molecule has 0 saturated carbocycles. The molecule has 1 fully saturated rings. The minimum atomic E-state index is -0.344. The fourth-order valence-electron chi connectivity index (χ4n) is 3.23. The van der Waals surface area contributed by atoms with Crippen LogP contribution in [0.15, 0.2) is 59.1 Å². The normalized spacial score (nSPS) is 15.1. The number of halogens is 2. The van der Waals surface area contributed by atoms with Gasteiger partial charge in [-0.3, -0.25) is 9.69 Å². The van der Waals surface area contributed by atoms with Gasteiger partial charge in [0.1, 0.15) is 5.82 Å². The first-order valence-electron chi connectivity index (χ1n) is 9.61. The van der Waals surface area contributed by atoms with Crippen LogP contribution in [0.5, 0.6) is 0 Å². The third-order valence-corrected chi connectivity index (χ3v) is 5.18. The van der Waals surface area contributed by atoms with Crippen LogP contribution in [0.4, 0.5) is 4.39 Å². The molecule has 0 bridgehead atoms. The molecule has 2 heterocycles. The van der Waals surface area contributed by atoms with Crippen molar-refractivity contribution in [1.82, 2.24) is 19.9 Å². The van der Waals surface area contributed by atoms with E-state index in [9.17, 15) is 9.18 Å². The molecule has 6 nitrogen and oxygen atoms in total. The number of benzene rings is 2. The predicted octanol–water partition coefficient (Wildman–Crippen LogP) is 3.89. The molecule has 1 saturated heterocycles. The molecule has 0 N–H and O–H groups in total. The maximum atomic E-state index is 13.7. The van der Waals surface area contributed by atoms with Gasteiger partial charge in [0.25, 0.3) is 0 Å². The smallest absolute Gasteiger partial charge is 0.246 e. The molecule has 0 aliphatic carbocycles. The summed E-state index contributed by atoms with van der Waals surface area (Å²) in [4.78, 5) is 20.7. The summed E-state index contributed by atoms with van der Waals surface area (Å²) in [6.07, 6.45) is 2.94. The molecule has 1 amide bonds. The van der Waals surface area contributed by atoms with Gasteiger partial charge in [-0.25, -0.2) is 4.39 Å². The molecule has 8 heteroatoms. The lowest BCUT2D eigenvalue weighted by molar-refractivity contribution is -0.127. The zero-order valence-electron chi connectivity index (χ0n) is 16.2. The highest BCUT2D eigenvalue weighted by Gasteiger charge is 2.21. The third kappa shape index (κ3) is 4.93.